The topological polar surface area (TPSA) is 135 Å². The quantitative estimate of drug-likeness (QED) is 0.190. The molecule has 0 saturated carbocycles. The van der Waals surface area contributed by atoms with Crippen LogP contribution in [0.15, 0.2) is 107 Å². The van der Waals surface area contributed by atoms with Gasteiger partial charge in [0.05, 0.1) is 29.3 Å². The molecule has 0 aliphatic carbocycles. The van der Waals surface area contributed by atoms with E-state index in [4.69, 9.17) is 9.47 Å². The van der Waals surface area contributed by atoms with Crippen molar-refractivity contribution < 1.29 is 32.9 Å². The first-order valence-electron chi connectivity index (χ1n) is 13.7. The van der Waals surface area contributed by atoms with Crippen molar-refractivity contribution in [2.45, 2.75) is 48.5 Å². The van der Waals surface area contributed by atoms with Gasteiger partial charge in [-0.3, -0.25) is 0 Å². The fourth-order valence-corrected chi connectivity index (χ4v) is 6.98. The first-order chi connectivity index (χ1) is 20.7. The Morgan fingerprint density at radius 3 is 2.26 bits per heavy atom. The van der Waals surface area contributed by atoms with E-state index < -0.39 is 22.3 Å². The fraction of sp³-hybridized carbons (Fsp3) is 0.250. The molecule has 43 heavy (non-hydrogen) atoms. The van der Waals surface area contributed by atoms with E-state index in [0.717, 1.165) is 22.3 Å². The zero-order valence-electron chi connectivity index (χ0n) is 23.4. The number of nitrogens with zero attached hydrogens (tertiary/aromatic N) is 1. The van der Waals surface area contributed by atoms with E-state index in [1.54, 1.807) is 42.6 Å². The molecule has 3 aromatic carbocycles. The molecule has 11 heteroatoms. The van der Waals surface area contributed by atoms with Crippen LogP contribution in [0.2, 0.25) is 0 Å². The van der Waals surface area contributed by atoms with Crippen molar-refractivity contribution in [1.29, 1.82) is 0 Å². The molecule has 0 unspecified atom stereocenters. The van der Waals surface area contributed by atoms with Gasteiger partial charge in [0, 0.05) is 30.0 Å². The van der Waals surface area contributed by atoms with Gasteiger partial charge < -0.3 is 19.7 Å². The standard InChI is InChI=1S/C32H32N2O7S2/c1-21-28(20-42-30-27(31(36)37)8-5-17-33-30)40-32(41-29(21)24-13-11-23(19-35)12-14-24)25-15-9-22(10-16-25)18-34-43(38,39)26-6-3-2-4-7-26/h2-17,21,28-29,32,34-35H,18-20H2,1H3,(H,36,37)/t21-,28+,29+,32+/m1/s1. The highest BCUT2D eigenvalue weighted by Crippen LogP contribution is 2.43. The second-order valence-electron chi connectivity index (χ2n) is 10.2. The summed E-state index contributed by atoms with van der Waals surface area (Å²) in [7, 11) is -3.64. The number of aliphatic hydroxyl groups is 1. The van der Waals surface area contributed by atoms with Crippen molar-refractivity contribution >= 4 is 27.8 Å². The number of carboxylic acid groups (broad SMARTS) is 1. The molecule has 1 fully saturated rings. The summed E-state index contributed by atoms with van der Waals surface area (Å²) in [6.07, 6.45) is 0.199. The van der Waals surface area contributed by atoms with Gasteiger partial charge in [-0.1, -0.05) is 73.7 Å². The molecule has 1 aromatic heterocycles. The molecule has 9 nitrogen and oxygen atoms in total. The molecular formula is C32H32N2O7S2. The number of carbonyl (C=O) groups is 1. The third kappa shape index (κ3) is 7.50. The van der Waals surface area contributed by atoms with Crippen LogP contribution < -0.4 is 4.72 Å². The first kappa shape index (κ1) is 30.9. The number of aliphatic hydroxyl groups excluding tert-OH is 1. The third-order valence-corrected chi connectivity index (χ3v) is 9.79. The third-order valence-electron chi connectivity index (χ3n) is 7.28. The number of rotatable bonds is 11. The number of aromatic nitrogens is 1. The van der Waals surface area contributed by atoms with E-state index in [1.165, 1.54) is 17.8 Å². The van der Waals surface area contributed by atoms with Gasteiger partial charge in [0.25, 0.3) is 0 Å². The van der Waals surface area contributed by atoms with Gasteiger partial charge in [0.15, 0.2) is 6.29 Å². The van der Waals surface area contributed by atoms with Gasteiger partial charge in [-0.25, -0.2) is 22.9 Å². The summed E-state index contributed by atoms with van der Waals surface area (Å²) >= 11 is 1.32. The van der Waals surface area contributed by atoms with Gasteiger partial charge in [0.2, 0.25) is 10.0 Å². The Hall–Kier alpha value is -3.58. The summed E-state index contributed by atoms with van der Waals surface area (Å²) in [6, 6.07) is 26.3. The Bertz CT molecular complexity index is 1630. The molecule has 3 N–H and O–H groups in total. The van der Waals surface area contributed by atoms with Crippen LogP contribution in [0.4, 0.5) is 0 Å². The zero-order valence-corrected chi connectivity index (χ0v) is 25.0. The number of hydrogen-bond acceptors (Lipinski definition) is 8. The van der Waals surface area contributed by atoms with E-state index in [2.05, 4.69) is 9.71 Å². The normalized spacial score (nSPS) is 20.5. The maximum Gasteiger partial charge on any atom is 0.338 e. The molecule has 0 bridgehead atoms. The monoisotopic (exact) mass is 620 g/mol. The average molecular weight is 621 g/mol. The molecule has 5 rings (SSSR count). The lowest BCUT2D eigenvalue weighted by molar-refractivity contribution is -0.268. The van der Waals surface area contributed by atoms with E-state index in [0.29, 0.717) is 10.8 Å². The van der Waals surface area contributed by atoms with E-state index in [9.17, 15) is 23.4 Å². The minimum absolute atomic E-state index is 0.0593. The number of aromatic carboxylic acids is 1. The lowest BCUT2D eigenvalue weighted by atomic mass is 9.91. The number of nitrogens with one attached hydrogen (secondary N) is 1. The Labute approximate surface area is 255 Å². The lowest BCUT2D eigenvalue weighted by Crippen LogP contribution is -2.38. The van der Waals surface area contributed by atoms with Gasteiger partial charge >= 0.3 is 5.97 Å². The number of thioether (sulfide) groups is 1. The first-order valence-corrected chi connectivity index (χ1v) is 16.2. The number of sulfonamides is 1. The summed E-state index contributed by atoms with van der Waals surface area (Å²) in [5.41, 5.74) is 3.40. The molecule has 1 saturated heterocycles. The number of benzene rings is 3. The number of pyridine rings is 1. The Kier molecular flexibility index (Phi) is 9.91. The molecule has 0 radical (unpaired) electrons. The minimum Gasteiger partial charge on any atom is -0.478 e. The van der Waals surface area contributed by atoms with Crippen molar-refractivity contribution in [1.82, 2.24) is 9.71 Å². The largest absolute Gasteiger partial charge is 0.478 e. The van der Waals surface area contributed by atoms with Crippen LogP contribution in [0.1, 0.15) is 51.9 Å². The van der Waals surface area contributed by atoms with Crippen molar-refractivity contribution in [3.05, 3.63) is 125 Å². The van der Waals surface area contributed by atoms with Gasteiger partial charge in [-0.2, -0.15) is 0 Å². The molecule has 1 aliphatic heterocycles. The Morgan fingerprint density at radius 2 is 1.58 bits per heavy atom. The highest BCUT2D eigenvalue weighted by molar-refractivity contribution is 7.99. The SMILES string of the molecule is C[C@@H]1[C@H](CSc2ncccc2C(=O)O)O[C@H](c2ccc(CNS(=O)(=O)c3ccccc3)cc2)O[C@@H]1c1ccc(CO)cc1. The van der Waals surface area contributed by atoms with Crippen LogP contribution in [0.5, 0.6) is 0 Å². The van der Waals surface area contributed by atoms with Crippen LogP contribution >= 0.6 is 11.8 Å². The maximum absolute atomic E-state index is 12.6. The van der Waals surface area contributed by atoms with Gasteiger partial charge in [-0.05, 0) is 41.0 Å². The fourth-order valence-electron chi connectivity index (χ4n) is 4.79. The smallest absolute Gasteiger partial charge is 0.338 e. The van der Waals surface area contributed by atoms with Crippen molar-refractivity contribution in [3.8, 4) is 0 Å². The molecule has 2 heterocycles. The second-order valence-corrected chi connectivity index (χ2v) is 12.9. The second kappa shape index (κ2) is 13.8. The minimum atomic E-state index is -3.64. The lowest BCUT2D eigenvalue weighted by Gasteiger charge is -2.41. The van der Waals surface area contributed by atoms with Crippen molar-refractivity contribution in [2.24, 2.45) is 5.92 Å². The van der Waals surface area contributed by atoms with E-state index in [1.807, 2.05) is 55.5 Å². The van der Waals surface area contributed by atoms with Crippen LogP contribution in [-0.4, -0.2) is 41.4 Å². The van der Waals surface area contributed by atoms with E-state index >= 15 is 0 Å². The van der Waals surface area contributed by atoms with Crippen molar-refractivity contribution in [2.75, 3.05) is 5.75 Å². The van der Waals surface area contributed by atoms with Crippen LogP contribution in [0, 0.1) is 5.92 Å². The summed E-state index contributed by atoms with van der Waals surface area (Å²) in [4.78, 5) is 16.2. The Balaban J connectivity index is 1.34. The molecule has 4 aromatic rings. The molecular weight excluding hydrogens is 588 g/mol. The summed E-state index contributed by atoms with van der Waals surface area (Å²) in [5, 5.41) is 19.5. The highest BCUT2D eigenvalue weighted by Gasteiger charge is 2.38. The summed E-state index contributed by atoms with van der Waals surface area (Å²) < 4.78 is 40.8. The molecule has 4 atom stereocenters. The van der Waals surface area contributed by atoms with E-state index in [-0.39, 0.29) is 41.7 Å². The van der Waals surface area contributed by atoms with Crippen LogP contribution in [-0.2, 0) is 32.6 Å². The molecule has 224 valence electrons. The molecule has 0 amide bonds. The number of hydrogen-bond donors (Lipinski definition) is 3. The van der Waals surface area contributed by atoms with Gasteiger partial charge in [-0.15, -0.1) is 11.8 Å². The number of ether oxygens (including phenoxy) is 2. The zero-order chi connectivity index (χ0) is 30.4. The van der Waals surface area contributed by atoms with Crippen LogP contribution in [0.3, 0.4) is 0 Å². The average Bonchev–Trinajstić information content (AvgIpc) is 3.04. The summed E-state index contributed by atoms with van der Waals surface area (Å²) in [5.74, 6) is -0.682. The number of carboxylic acids is 1. The molecule has 1 aliphatic rings. The highest BCUT2D eigenvalue weighted by atomic mass is 32.2. The predicted molar refractivity (Wildman–Crippen MR) is 162 cm³/mol. The molecule has 0 spiro atoms. The summed E-state index contributed by atoms with van der Waals surface area (Å²) in [6.45, 7) is 2.09. The predicted octanol–water partition coefficient (Wildman–Crippen LogP) is 5.33. The van der Waals surface area contributed by atoms with Crippen LogP contribution in [0.25, 0.3) is 0 Å². The van der Waals surface area contributed by atoms with Crippen molar-refractivity contribution in [3.63, 3.8) is 0 Å². The maximum atomic E-state index is 12.6. The Morgan fingerprint density at radius 1 is 0.907 bits per heavy atom. The van der Waals surface area contributed by atoms with Gasteiger partial charge in [0.1, 0.15) is 5.03 Å².